The van der Waals surface area contributed by atoms with Crippen LogP contribution in [0.3, 0.4) is 0 Å². The maximum atomic E-state index is 11.6. The highest BCUT2D eigenvalue weighted by molar-refractivity contribution is 6.30. The summed E-state index contributed by atoms with van der Waals surface area (Å²) < 4.78 is 0. The van der Waals surface area contributed by atoms with E-state index in [1.807, 2.05) is 6.08 Å². The van der Waals surface area contributed by atoms with Crippen molar-refractivity contribution in [3.05, 3.63) is 12.7 Å². The first-order chi connectivity index (χ1) is 9.50. The van der Waals surface area contributed by atoms with Crippen LogP contribution in [-0.2, 0) is 9.59 Å². The molecular formula is C15H28N2O2Si. The first-order valence-corrected chi connectivity index (χ1v) is 8.69. The summed E-state index contributed by atoms with van der Waals surface area (Å²) in [6.45, 7) is 7.65. The SMILES string of the molecule is C=CC1([SiH3])C(=O)NCCCC1C.O=C1CCCCCN1. The van der Waals surface area contributed by atoms with Gasteiger partial charge in [-0.15, -0.1) is 6.58 Å². The van der Waals surface area contributed by atoms with Crippen LogP contribution in [0.4, 0.5) is 0 Å². The van der Waals surface area contributed by atoms with Gasteiger partial charge < -0.3 is 10.6 Å². The first-order valence-electron chi connectivity index (χ1n) is 7.69. The van der Waals surface area contributed by atoms with E-state index in [0.717, 1.165) is 55.4 Å². The van der Waals surface area contributed by atoms with E-state index in [4.69, 9.17) is 0 Å². The van der Waals surface area contributed by atoms with Crippen molar-refractivity contribution < 1.29 is 9.59 Å². The Bertz CT molecular complexity index is 350. The van der Waals surface area contributed by atoms with E-state index in [9.17, 15) is 9.59 Å². The second kappa shape index (κ2) is 8.24. The standard InChI is InChI=1S/C9H17NOSi.C6H11NO/c1-3-9(12)7(2)5-4-6-10-8(9)11;8-6-4-2-1-3-5-7-6/h3,7H,1,4-6H2,2,12H3,(H,10,11);1-5H2,(H,7,8). The van der Waals surface area contributed by atoms with Crippen molar-refractivity contribution in [1.29, 1.82) is 0 Å². The van der Waals surface area contributed by atoms with Crippen molar-refractivity contribution in [3.63, 3.8) is 0 Å². The first kappa shape index (κ1) is 16.9. The summed E-state index contributed by atoms with van der Waals surface area (Å²) in [6, 6.07) is 0. The van der Waals surface area contributed by atoms with Gasteiger partial charge in [0.2, 0.25) is 11.8 Å². The number of rotatable bonds is 1. The molecule has 0 aromatic heterocycles. The van der Waals surface area contributed by atoms with Crippen LogP contribution >= 0.6 is 0 Å². The predicted octanol–water partition coefficient (Wildman–Crippen LogP) is 0.919. The number of carbonyl (C=O) groups excluding carboxylic acids is 2. The number of carbonyl (C=O) groups is 2. The summed E-state index contributed by atoms with van der Waals surface area (Å²) >= 11 is 0. The maximum Gasteiger partial charge on any atom is 0.226 e. The molecule has 2 aliphatic rings. The van der Waals surface area contributed by atoms with Crippen molar-refractivity contribution in [3.8, 4) is 0 Å². The van der Waals surface area contributed by atoms with Crippen LogP contribution in [0.2, 0.25) is 5.04 Å². The average molecular weight is 296 g/mol. The van der Waals surface area contributed by atoms with Crippen LogP contribution in [0.15, 0.2) is 12.7 Å². The van der Waals surface area contributed by atoms with Gasteiger partial charge in [0.1, 0.15) is 0 Å². The molecule has 2 rings (SSSR count). The Kier molecular flexibility index (Phi) is 6.99. The summed E-state index contributed by atoms with van der Waals surface area (Å²) in [7, 11) is 0.866. The van der Waals surface area contributed by atoms with Gasteiger partial charge in [0.25, 0.3) is 0 Å². The molecule has 2 saturated heterocycles. The Hall–Kier alpha value is -1.10. The van der Waals surface area contributed by atoms with Crippen LogP contribution in [0.25, 0.3) is 0 Å². The highest BCUT2D eigenvalue weighted by Crippen LogP contribution is 2.37. The minimum Gasteiger partial charge on any atom is -0.356 e. The molecule has 2 amide bonds. The van der Waals surface area contributed by atoms with Crippen LogP contribution in [0.5, 0.6) is 0 Å². The average Bonchev–Trinajstić information content (AvgIpc) is 2.75. The molecule has 0 bridgehead atoms. The Labute approximate surface area is 125 Å². The van der Waals surface area contributed by atoms with Crippen LogP contribution < -0.4 is 10.6 Å². The zero-order chi connectivity index (χ0) is 15.0. The summed E-state index contributed by atoms with van der Waals surface area (Å²) in [5.74, 6) is 0.876. The lowest BCUT2D eigenvalue weighted by atomic mass is 9.89. The number of amides is 2. The highest BCUT2D eigenvalue weighted by Gasteiger charge is 2.36. The molecule has 2 N–H and O–H groups in total. The number of hydrogen-bond donors (Lipinski definition) is 2. The Morgan fingerprint density at radius 2 is 1.90 bits per heavy atom. The van der Waals surface area contributed by atoms with E-state index in [0.29, 0.717) is 5.92 Å². The molecule has 2 unspecified atom stereocenters. The van der Waals surface area contributed by atoms with Gasteiger partial charge in [0, 0.05) is 29.8 Å². The van der Waals surface area contributed by atoms with Crippen molar-refractivity contribution in [2.75, 3.05) is 13.1 Å². The van der Waals surface area contributed by atoms with Crippen LogP contribution in [0.1, 0.15) is 45.4 Å². The van der Waals surface area contributed by atoms with Crippen molar-refractivity contribution >= 4 is 22.1 Å². The van der Waals surface area contributed by atoms with Crippen molar-refractivity contribution in [2.45, 2.75) is 50.5 Å². The molecule has 2 fully saturated rings. The lowest BCUT2D eigenvalue weighted by Crippen LogP contribution is -2.36. The summed E-state index contributed by atoms with van der Waals surface area (Å²) in [5.41, 5.74) is 0. The van der Waals surface area contributed by atoms with E-state index >= 15 is 0 Å². The number of hydrogen-bond acceptors (Lipinski definition) is 2. The van der Waals surface area contributed by atoms with Gasteiger partial charge in [-0.25, -0.2) is 0 Å². The largest absolute Gasteiger partial charge is 0.356 e. The van der Waals surface area contributed by atoms with E-state index in [-0.39, 0.29) is 16.9 Å². The van der Waals surface area contributed by atoms with Crippen molar-refractivity contribution in [1.82, 2.24) is 10.6 Å². The van der Waals surface area contributed by atoms with Gasteiger partial charge in [-0.3, -0.25) is 9.59 Å². The van der Waals surface area contributed by atoms with Crippen LogP contribution in [0, 0.1) is 5.92 Å². The second-order valence-corrected chi connectivity index (χ2v) is 7.60. The molecular weight excluding hydrogens is 268 g/mol. The quantitative estimate of drug-likeness (QED) is 0.558. The lowest BCUT2D eigenvalue weighted by Gasteiger charge is -2.28. The van der Waals surface area contributed by atoms with Crippen molar-refractivity contribution in [2.24, 2.45) is 5.92 Å². The molecule has 2 aliphatic heterocycles. The molecule has 0 saturated carbocycles. The zero-order valence-corrected chi connectivity index (χ0v) is 14.8. The minimum absolute atomic E-state index is 0.189. The van der Waals surface area contributed by atoms with Crippen LogP contribution in [-0.4, -0.2) is 35.1 Å². The monoisotopic (exact) mass is 296 g/mol. The third kappa shape index (κ3) is 4.78. The Morgan fingerprint density at radius 1 is 1.20 bits per heavy atom. The van der Waals surface area contributed by atoms with E-state index < -0.39 is 0 Å². The second-order valence-electron chi connectivity index (χ2n) is 5.95. The molecule has 5 heteroatoms. The molecule has 0 radical (unpaired) electrons. The third-order valence-electron chi connectivity index (χ3n) is 4.44. The topological polar surface area (TPSA) is 58.2 Å². The molecule has 2 heterocycles. The molecule has 0 aromatic carbocycles. The highest BCUT2D eigenvalue weighted by atomic mass is 28.1. The third-order valence-corrected chi connectivity index (χ3v) is 6.29. The Morgan fingerprint density at radius 3 is 2.60 bits per heavy atom. The lowest BCUT2D eigenvalue weighted by molar-refractivity contribution is -0.123. The molecule has 0 aromatic rings. The van der Waals surface area contributed by atoms with E-state index in [1.54, 1.807) is 0 Å². The zero-order valence-electron chi connectivity index (χ0n) is 12.8. The van der Waals surface area contributed by atoms with Gasteiger partial charge >= 0.3 is 0 Å². The predicted molar refractivity (Wildman–Crippen MR) is 85.7 cm³/mol. The molecule has 20 heavy (non-hydrogen) atoms. The maximum absolute atomic E-state index is 11.6. The fourth-order valence-electron chi connectivity index (χ4n) is 2.52. The van der Waals surface area contributed by atoms with E-state index in [2.05, 4.69) is 24.1 Å². The summed E-state index contributed by atoms with van der Waals surface area (Å²) in [4.78, 5) is 22.2. The molecule has 4 nitrogen and oxygen atoms in total. The molecule has 2 atom stereocenters. The molecule has 0 aliphatic carbocycles. The van der Waals surface area contributed by atoms with Gasteiger partial charge in [-0.1, -0.05) is 19.4 Å². The summed E-state index contributed by atoms with van der Waals surface area (Å²) in [6.07, 6.45) is 8.25. The summed E-state index contributed by atoms with van der Waals surface area (Å²) in [5, 5.41) is 5.52. The minimum atomic E-state index is -0.226. The Balaban J connectivity index is 0.000000217. The number of nitrogens with one attached hydrogen (secondary N) is 2. The van der Waals surface area contributed by atoms with Gasteiger partial charge in [0.05, 0.1) is 5.04 Å². The normalized spacial score (nSPS) is 30.9. The molecule has 114 valence electrons. The van der Waals surface area contributed by atoms with Gasteiger partial charge in [0.15, 0.2) is 0 Å². The fraction of sp³-hybridized carbons (Fsp3) is 0.733. The molecule has 0 spiro atoms. The van der Waals surface area contributed by atoms with Gasteiger partial charge in [-0.2, -0.15) is 0 Å². The fourth-order valence-corrected chi connectivity index (χ4v) is 2.99. The van der Waals surface area contributed by atoms with Gasteiger partial charge in [-0.05, 0) is 31.6 Å². The van der Waals surface area contributed by atoms with E-state index in [1.165, 1.54) is 6.42 Å². The smallest absolute Gasteiger partial charge is 0.226 e.